The molecule has 31 heavy (non-hydrogen) atoms. The Morgan fingerprint density at radius 1 is 0.742 bits per heavy atom. The van der Waals surface area contributed by atoms with Crippen LogP contribution in [0.25, 0.3) is 0 Å². The van der Waals surface area contributed by atoms with E-state index < -0.39 is 23.4 Å². The van der Waals surface area contributed by atoms with Crippen molar-refractivity contribution >= 4 is 35.6 Å². The van der Waals surface area contributed by atoms with E-state index in [9.17, 15) is 9.59 Å². The van der Waals surface area contributed by atoms with E-state index in [2.05, 4.69) is 15.6 Å². The molecule has 0 atom stereocenters. The number of nitrogens with zero attached hydrogens (tertiary/aromatic N) is 1. The SMILES string of the molecule is CC(C)(C)OC(=O)NC(=Nc1ccc(Sc2ccccc2)cc1)NC(=O)OC(C)(C)C. The minimum Gasteiger partial charge on any atom is -0.444 e. The lowest BCUT2D eigenvalue weighted by molar-refractivity contribution is 0.0545. The molecule has 0 bridgehead atoms. The molecule has 2 aromatic carbocycles. The Kier molecular flexibility index (Phi) is 8.10. The van der Waals surface area contributed by atoms with Gasteiger partial charge in [-0.25, -0.2) is 14.6 Å². The number of nitrogens with one attached hydrogen (secondary N) is 2. The highest BCUT2D eigenvalue weighted by Crippen LogP contribution is 2.28. The molecule has 2 N–H and O–H groups in total. The van der Waals surface area contributed by atoms with Crippen molar-refractivity contribution in [2.24, 2.45) is 4.99 Å². The molecule has 0 aliphatic carbocycles. The van der Waals surface area contributed by atoms with Crippen LogP contribution in [0.2, 0.25) is 0 Å². The molecule has 0 unspecified atom stereocenters. The Morgan fingerprint density at radius 3 is 1.65 bits per heavy atom. The second kappa shape index (κ2) is 10.3. The average Bonchev–Trinajstić information content (AvgIpc) is 2.61. The van der Waals surface area contributed by atoms with Gasteiger partial charge in [0.15, 0.2) is 0 Å². The molecule has 0 radical (unpaired) electrons. The van der Waals surface area contributed by atoms with Gasteiger partial charge in [0.05, 0.1) is 5.69 Å². The van der Waals surface area contributed by atoms with E-state index in [4.69, 9.17) is 9.47 Å². The van der Waals surface area contributed by atoms with Crippen LogP contribution in [0, 0.1) is 0 Å². The second-order valence-electron chi connectivity index (χ2n) is 8.62. The molecule has 2 amide bonds. The van der Waals surface area contributed by atoms with Crippen molar-refractivity contribution in [3.8, 4) is 0 Å². The van der Waals surface area contributed by atoms with E-state index >= 15 is 0 Å². The Bertz CT molecular complexity index is 883. The first kappa shape index (κ1) is 24.3. The maximum atomic E-state index is 12.2. The van der Waals surface area contributed by atoms with Crippen LogP contribution >= 0.6 is 11.8 Å². The first-order chi connectivity index (χ1) is 14.4. The molecule has 166 valence electrons. The number of ether oxygens (including phenoxy) is 2. The zero-order chi connectivity index (χ0) is 23.1. The van der Waals surface area contributed by atoms with Crippen molar-refractivity contribution in [1.29, 1.82) is 0 Å². The molecule has 2 aromatic rings. The summed E-state index contributed by atoms with van der Waals surface area (Å²) < 4.78 is 10.5. The van der Waals surface area contributed by atoms with Gasteiger partial charge in [-0.05, 0) is 77.9 Å². The molecule has 0 spiro atoms. The third-order valence-electron chi connectivity index (χ3n) is 3.30. The van der Waals surface area contributed by atoms with E-state index in [-0.39, 0.29) is 5.96 Å². The third-order valence-corrected chi connectivity index (χ3v) is 4.31. The molecule has 0 aliphatic heterocycles. The topological polar surface area (TPSA) is 89.0 Å². The highest BCUT2D eigenvalue weighted by Gasteiger charge is 2.21. The summed E-state index contributed by atoms with van der Waals surface area (Å²) in [7, 11) is 0. The summed E-state index contributed by atoms with van der Waals surface area (Å²) in [5.41, 5.74) is -0.853. The van der Waals surface area contributed by atoms with Gasteiger partial charge in [0.1, 0.15) is 11.2 Å². The summed E-state index contributed by atoms with van der Waals surface area (Å²) >= 11 is 1.62. The van der Waals surface area contributed by atoms with E-state index in [0.717, 1.165) is 9.79 Å². The highest BCUT2D eigenvalue weighted by atomic mass is 32.2. The normalized spacial score (nSPS) is 11.3. The predicted molar refractivity (Wildman–Crippen MR) is 123 cm³/mol. The molecule has 0 heterocycles. The van der Waals surface area contributed by atoms with Crippen LogP contribution < -0.4 is 10.6 Å². The van der Waals surface area contributed by atoms with Crippen LogP contribution in [0.1, 0.15) is 41.5 Å². The van der Waals surface area contributed by atoms with Crippen LogP contribution in [0.5, 0.6) is 0 Å². The summed E-state index contributed by atoms with van der Waals surface area (Å²) in [6, 6.07) is 17.4. The number of amides is 2. The quantitative estimate of drug-likeness (QED) is 0.457. The number of aliphatic imine (C=N–C) groups is 1. The summed E-state index contributed by atoms with van der Waals surface area (Å²) in [6.07, 6.45) is -1.47. The number of benzene rings is 2. The van der Waals surface area contributed by atoms with Gasteiger partial charge in [0.2, 0.25) is 5.96 Å². The van der Waals surface area contributed by atoms with Crippen LogP contribution in [0.15, 0.2) is 69.4 Å². The zero-order valence-electron chi connectivity index (χ0n) is 18.7. The Hall–Kier alpha value is -3.00. The average molecular weight is 444 g/mol. The summed E-state index contributed by atoms with van der Waals surface area (Å²) in [6.45, 7) is 10.5. The van der Waals surface area contributed by atoms with Crippen molar-refractivity contribution < 1.29 is 19.1 Å². The number of hydrogen-bond donors (Lipinski definition) is 2. The van der Waals surface area contributed by atoms with Crippen LogP contribution in [0.3, 0.4) is 0 Å². The number of carbonyl (C=O) groups excluding carboxylic acids is 2. The largest absolute Gasteiger partial charge is 0.444 e. The lowest BCUT2D eigenvalue weighted by atomic mass is 10.2. The van der Waals surface area contributed by atoms with Gasteiger partial charge in [-0.15, -0.1) is 0 Å². The summed E-state index contributed by atoms with van der Waals surface area (Å²) in [4.78, 5) is 30.8. The van der Waals surface area contributed by atoms with Crippen molar-refractivity contribution in [2.75, 3.05) is 0 Å². The number of carbonyl (C=O) groups is 2. The Morgan fingerprint density at radius 2 is 1.19 bits per heavy atom. The molecule has 0 aromatic heterocycles. The van der Waals surface area contributed by atoms with Crippen molar-refractivity contribution in [1.82, 2.24) is 10.6 Å². The maximum absolute atomic E-state index is 12.2. The molecule has 0 fully saturated rings. The van der Waals surface area contributed by atoms with Crippen LogP contribution in [-0.2, 0) is 9.47 Å². The Labute approximate surface area is 187 Å². The molecule has 0 saturated carbocycles. The van der Waals surface area contributed by atoms with Crippen LogP contribution in [-0.4, -0.2) is 29.3 Å². The van der Waals surface area contributed by atoms with E-state index in [1.165, 1.54) is 0 Å². The fraction of sp³-hybridized carbons (Fsp3) is 0.348. The zero-order valence-corrected chi connectivity index (χ0v) is 19.5. The van der Waals surface area contributed by atoms with Crippen molar-refractivity contribution in [3.05, 3.63) is 54.6 Å². The molecule has 2 rings (SSSR count). The van der Waals surface area contributed by atoms with E-state index in [1.807, 2.05) is 42.5 Å². The monoisotopic (exact) mass is 443 g/mol. The smallest absolute Gasteiger partial charge is 0.414 e. The number of hydrogen-bond acceptors (Lipinski definition) is 6. The van der Waals surface area contributed by atoms with E-state index in [0.29, 0.717) is 5.69 Å². The fourth-order valence-corrected chi connectivity index (χ4v) is 3.07. The minimum absolute atomic E-state index is 0.0908. The maximum Gasteiger partial charge on any atom is 0.414 e. The Balaban J connectivity index is 2.16. The molecular formula is C23H29N3O4S. The fourth-order valence-electron chi connectivity index (χ4n) is 2.23. The number of alkyl carbamates (subject to hydrolysis) is 2. The molecular weight excluding hydrogens is 414 g/mol. The molecule has 0 aliphatic rings. The van der Waals surface area contributed by atoms with Gasteiger partial charge in [-0.1, -0.05) is 30.0 Å². The lowest BCUT2D eigenvalue weighted by Gasteiger charge is -2.22. The van der Waals surface area contributed by atoms with Gasteiger partial charge >= 0.3 is 12.2 Å². The number of guanidine groups is 1. The van der Waals surface area contributed by atoms with Gasteiger partial charge in [-0.2, -0.15) is 0 Å². The number of rotatable bonds is 3. The summed E-state index contributed by atoms with van der Waals surface area (Å²) in [5.74, 6) is -0.0908. The van der Waals surface area contributed by atoms with Gasteiger partial charge < -0.3 is 9.47 Å². The highest BCUT2D eigenvalue weighted by molar-refractivity contribution is 7.99. The standard InChI is InChI=1S/C23H29N3O4S/c1-22(2,3)29-20(27)25-19(26-21(28)30-23(4,5)6)24-16-12-14-18(15-13-16)31-17-10-8-7-9-11-17/h7-15H,1-6H3,(H2,24,25,26,27,28). The first-order valence-electron chi connectivity index (χ1n) is 9.81. The van der Waals surface area contributed by atoms with Gasteiger partial charge in [0, 0.05) is 9.79 Å². The second-order valence-corrected chi connectivity index (χ2v) is 9.77. The van der Waals surface area contributed by atoms with E-state index in [1.54, 1.807) is 65.4 Å². The van der Waals surface area contributed by atoms with Gasteiger partial charge in [-0.3, -0.25) is 10.6 Å². The molecule has 7 nitrogen and oxygen atoms in total. The van der Waals surface area contributed by atoms with Gasteiger partial charge in [0.25, 0.3) is 0 Å². The molecule has 0 saturated heterocycles. The minimum atomic E-state index is -0.737. The van der Waals surface area contributed by atoms with Crippen molar-refractivity contribution in [2.45, 2.75) is 62.5 Å². The molecule has 8 heteroatoms. The first-order valence-corrected chi connectivity index (χ1v) is 10.6. The predicted octanol–water partition coefficient (Wildman–Crippen LogP) is 5.87. The summed E-state index contributed by atoms with van der Waals surface area (Å²) in [5, 5.41) is 4.93. The van der Waals surface area contributed by atoms with Crippen LogP contribution in [0.4, 0.5) is 15.3 Å². The third kappa shape index (κ3) is 10.0. The van der Waals surface area contributed by atoms with Crippen molar-refractivity contribution in [3.63, 3.8) is 0 Å². The lowest BCUT2D eigenvalue weighted by Crippen LogP contribution is -2.47.